The Hall–Kier alpha value is -2.10. The van der Waals surface area contributed by atoms with Gasteiger partial charge in [-0.25, -0.2) is 4.79 Å². The van der Waals surface area contributed by atoms with Gasteiger partial charge in [-0.05, 0) is 56.2 Å². The second-order valence-electron chi connectivity index (χ2n) is 6.97. The third kappa shape index (κ3) is 2.85. The minimum Gasteiger partial charge on any atom is -0.426 e. The molecular formula is C20H22O4. The number of aryl methyl sites for hydroxylation is 1. The van der Waals surface area contributed by atoms with Crippen LogP contribution in [0.1, 0.15) is 56.1 Å². The van der Waals surface area contributed by atoms with Gasteiger partial charge in [-0.2, -0.15) is 0 Å². The number of esters is 1. The number of hydrogen-bond acceptors (Lipinski definition) is 4. The summed E-state index contributed by atoms with van der Waals surface area (Å²) in [7, 11) is 0. The molecule has 0 N–H and O–H groups in total. The summed E-state index contributed by atoms with van der Waals surface area (Å²) in [6, 6.07) is 5.43. The van der Waals surface area contributed by atoms with E-state index >= 15 is 0 Å². The molecule has 1 saturated carbocycles. The van der Waals surface area contributed by atoms with Crippen molar-refractivity contribution < 1.29 is 13.9 Å². The minimum atomic E-state index is -0.243. The monoisotopic (exact) mass is 326 g/mol. The second kappa shape index (κ2) is 6.42. The van der Waals surface area contributed by atoms with E-state index in [4.69, 9.17) is 9.15 Å². The maximum atomic E-state index is 12.3. The van der Waals surface area contributed by atoms with Crippen LogP contribution in [0.15, 0.2) is 27.4 Å². The van der Waals surface area contributed by atoms with Crippen LogP contribution < -0.4 is 10.4 Å². The highest BCUT2D eigenvalue weighted by Gasteiger charge is 2.23. The van der Waals surface area contributed by atoms with Gasteiger partial charge in [0, 0.05) is 17.0 Å². The molecule has 0 spiro atoms. The lowest BCUT2D eigenvalue weighted by atomic mass is 9.89. The molecule has 4 nitrogen and oxygen atoms in total. The van der Waals surface area contributed by atoms with E-state index in [-0.39, 0.29) is 17.5 Å². The molecule has 126 valence electrons. The molecule has 1 aromatic heterocycles. The van der Waals surface area contributed by atoms with Gasteiger partial charge in [-0.15, -0.1) is 0 Å². The smallest absolute Gasteiger partial charge is 0.339 e. The number of carbonyl (C=O) groups is 1. The molecule has 0 unspecified atom stereocenters. The number of rotatable bonds is 2. The first-order valence-electron chi connectivity index (χ1n) is 9.03. The zero-order valence-corrected chi connectivity index (χ0v) is 13.8. The Bertz CT molecular complexity index is 827. The zero-order chi connectivity index (χ0) is 16.5. The van der Waals surface area contributed by atoms with Gasteiger partial charge in [0.2, 0.25) is 0 Å². The van der Waals surface area contributed by atoms with Crippen molar-refractivity contribution in [2.24, 2.45) is 5.92 Å². The van der Waals surface area contributed by atoms with Crippen LogP contribution in [0.5, 0.6) is 5.75 Å². The largest absolute Gasteiger partial charge is 0.426 e. The van der Waals surface area contributed by atoms with Crippen molar-refractivity contribution >= 4 is 16.9 Å². The zero-order valence-electron chi connectivity index (χ0n) is 13.8. The summed E-state index contributed by atoms with van der Waals surface area (Å²) in [5.41, 5.74) is 2.21. The summed E-state index contributed by atoms with van der Waals surface area (Å²) in [6.07, 6.45) is 9.08. The SMILES string of the molecule is O=C(Oc1ccc2c3c(c(=O)oc2c1)CCCC3)C1CCCCC1. The lowest BCUT2D eigenvalue weighted by molar-refractivity contribution is -0.139. The highest BCUT2D eigenvalue weighted by Crippen LogP contribution is 2.30. The van der Waals surface area contributed by atoms with Crippen LogP contribution in [0.4, 0.5) is 0 Å². The first kappa shape index (κ1) is 15.4. The Labute approximate surface area is 140 Å². The molecule has 1 heterocycles. The maximum absolute atomic E-state index is 12.3. The number of benzene rings is 1. The normalized spacial score (nSPS) is 18.3. The lowest BCUT2D eigenvalue weighted by Crippen LogP contribution is -2.22. The Morgan fingerprint density at radius 2 is 1.75 bits per heavy atom. The van der Waals surface area contributed by atoms with E-state index in [1.54, 1.807) is 6.07 Å². The quantitative estimate of drug-likeness (QED) is 0.472. The van der Waals surface area contributed by atoms with Crippen molar-refractivity contribution in [3.63, 3.8) is 0 Å². The summed E-state index contributed by atoms with van der Waals surface area (Å²) in [4.78, 5) is 24.5. The van der Waals surface area contributed by atoms with Crippen LogP contribution in [-0.4, -0.2) is 5.97 Å². The van der Waals surface area contributed by atoms with Gasteiger partial charge in [-0.3, -0.25) is 4.79 Å². The number of ether oxygens (including phenoxy) is 1. The summed E-state index contributed by atoms with van der Waals surface area (Å²) in [5.74, 6) is 0.316. The Morgan fingerprint density at radius 1 is 1.00 bits per heavy atom. The van der Waals surface area contributed by atoms with Gasteiger partial charge in [-0.1, -0.05) is 19.3 Å². The molecule has 0 bridgehead atoms. The van der Waals surface area contributed by atoms with Crippen molar-refractivity contribution in [2.45, 2.75) is 57.8 Å². The van der Waals surface area contributed by atoms with Crippen LogP contribution in [-0.2, 0) is 17.6 Å². The fraction of sp³-hybridized carbons (Fsp3) is 0.500. The predicted octanol–water partition coefficient (Wildman–Crippen LogP) is 4.16. The van der Waals surface area contributed by atoms with Crippen molar-refractivity contribution in [3.8, 4) is 5.75 Å². The number of hydrogen-bond donors (Lipinski definition) is 0. The van der Waals surface area contributed by atoms with E-state index in [0.717, 1.165) is 67.9 Å². The summed E-state index contributed by atoms with van der Waals surface area (Å²) < 4.78 is 11.0. The Morgan fingerprint density at radius 3 is 2.54 bits per heavy atom. The van der Waals surface area contributed by atoms with Gasteiger partial charge < -0.3 is 9.15 Å². The average molecular weight is 326 g/mol. The third-order valence-corrected chi connectivity index (χ3v) is 5.35. The Kier molecular flexibility index (Phi) is 4.13. The van der Waals surface area contributed by atoms with Gasteiger partial charge in [0.1, 0.15) is 11.3 Å². The van der Waals surface area contributed by atoms with Crippen LogP contribution in [0.2, 0.25) is 0 Å². The number of fused-ring (bicyclic) bond motifs is 3. The van der Waals surface area contributed by atoms with Crippen LogP contribution in [0.25, 0.3) is 11.0 Å². The first-order valence-corrected chi connectivity index (χ1v) is 9.03. The molecule has 0 radical (unpaired) electrons. The highest BCUT2D eigenvalue weighted by molar-refractivity contribution is 5.84. The third-order valence-electron chi connectivity index (χ3n) is 5.35. The van der Waals surface area contributed by atoms with Crippen LogP contribution in [0.3, 0.4) is 0 Å². The summed E-state index contributed by atoms with van der Waals surface area (Å²) >= 11 is 0. The molecule has 4 heteroatoms. The Balaban J connectivity index is 1.63. The summed E-state index contributed by atoms with van der Waals surface area (Å²) in [6.45, 7) is 0. The topological polar surface area (TPSA) is 56.5 Å². The lowest BCUT2D eigenvalue weighted by Gasteiger charge is -2.20. The maximum Gasteiger partial charge on any atom is 0.339 e. The molecule has 24 heavy (non-hydrogen) atoms. The van der Waals surface area contributed by atoms with E-state index < -0.39 is 0 Å². The fourth-order valence-electron chi connectivity index (χ4n) is 4.03. The second-order valence-corrected chi connectivity index (χ2v) is 6.97. The highest BCUT2D eigenvalue weighted by atomic mass is 16.5. The number of carbonyl (C=O) groups excluding carboxylic acids is 1. The molecule has 0 atom stereocenters. The van der Waals surface area contributed by atoms with Gasteiger partial charge in [0.25, 0.3) is 0 Å². The molecule has 1 fully saturated rings. The molecule has 4 rings (SSSR count). The molecule has 0 saturated heterocycles. The van der Waals surface area contributed by atoms with Gasteiger partial charge in [0.15, 0.2) is 0 Å². The molecule has 2 aliphatic rings. The standard InChI is InChI=1S/C20H22O4/c21-19(13-6-2-1-3-7-13)23-14-10-11-16-15-8-4-5-9-17(15)20(22)24-18(16)12-14/h10-13H,1-9H2. The molecular weight excluding hydrogens is 304 g/mol. The average Bonchev–Trinajstić information content (AvgIpc) is 2.62. The molecule has 2 aromatic rings. The van der Waals surface area contributed by atoms with Crippen molar-refractivity contribution in [1.29, 1.82) is 0 Å². The predicted molar refractivity (Wildman–Crippen MR) is 91.3 cm³/mol. The van der Waals surface area contributed by atoms with E-state index in [2.05, 4.69) is 0 Å². The van der Waals surface area contributed by atoms with Crippen molar-refractivity contribution in [3.05, 3.63) is 39.7 Å². The van der Waals surface area contributed by atoms with E-state index in [0.29, 0.717) is 11.3 Å². The van der Waals surface area contributed by atoms with E-state index in [1.165, 1.54) is 6.42 Å². The molecule has 2 aliphatic carbocycles. The molecule has 0 aliphatic heterocycles. The van der Waals surface area contributed by atoms with E-state index in [1.807, 2.05) is 12.1 Å². The van der Waals surface area contributed by atoms with Gasteiger partial charge >= 0.3 is 11.6 Å². The molecule has 0 amide bonds. The minimum absolute atomic E-state index is 0.00462. The first-order chi connectivity index (χ1) is 11.7. The van der Waals surface area contributed by atoms with Gasteiger partial charge in [0.05, 0.1) is 5.92 Å². The van der Waals surface area contributed by atoms with Crippen molar-refractivity contribution in [2.75, 3.05) is 0 Å². The van der Waals surface area contributed by atoms with Crippen molar-refractivity contribution in [1.82, 2.24) is 0 Å². The van der Waals surface area contributed by atoms with Crippen LogP contribution >= 0.6 is 0 Å². The van der Waals surface area contributed by atoms with Crippen LogP contribution in [0, 0.1) is 5.92 Å². The van der Waals surface area contributed by atoms with E-state index in [9.17, 15) is 9.59 Å². The molecule has 1 aromatic carbocycles. The summed E-state index contributed by atoms with van der Waals surface area (Å²) in [5, 5.41) is 0.974. The fourth-order valence-corrected chi connectivity index (χ4v) is 4.03.